The van der Waals surface area contributed by atoms with E-state index in [4.69, 9.17) is 0 Å². The zero-order chi connectivity index (χ0) is 14.6. The van der Waals surface area contributed by atoms with Gasteiger partial charge in [-0.25, -0.2) is 4.99 Å². The quantitative estimate of drug-likeness (QED) is 0.458. The van der Waals surface area contributed by atoms with Crippen molar-refractivity contribution in [3.8, 4) is 0 Å². The van der Waals surface area contributed by atoms with Crippen LogP contribution in [0.2, 0.25) is 0 Å². The molecular weight excluding hydrogens is 379 g/mol. The van der Waals surface area contributed by atoms with Crippen LogP contribution in [0.3, 0.4) is 0 Å². The molecule has 0 saturated heterocycles. The third kappa shape index (κ3) is 5.44. The first-order chi connectivity index (χ1) is 9.49. The number of rotatable bonds is 3. The first-order valence-electron chi connectivity index (χ1n) is 7.47. The molecule has 21 heavy (non-hydrogen) atoms. The summed E-state index contributed by atoms with van der Waals surface area (Å²) in [5, 5.41) is 15.2. The summed E-state index contributed by atoms with van der Waals surface area (Å²) in [7, 11) is 0. The van der Waals surface area contributed by atoms with Crippen molar-refractivity contribution in [1.82, 2.24) is 25.4 Å². The lowest BCUT2D eigenvalue weighted by molar-refractivity contribution is 0.497. The highest BCUT2D eigenvalue weighted by Crippen LogP contribution is 2.14. The standard InChI is InChI=1S/C14H26N6.HI/c1-5-15-13(17-14(2,3)4)16-10-12-19-18-11-8-6-7-9-20(11)12;/h5-10H2,1-4H3,(H2,15,16,17);1H. The number of nitrogens with zero attached hydrogens (tertiary/aromatic N) is 4. The van der Waals surface area contributed by atoms with Crippen molar-refractivity contribution in [3.63, 3.8) is 0 Å². The maximum absolute atomic E-state index is 4.62. The molecule has 0 saturated carbocycles. The van der Waals surface area contributed by atoms with E-state index in [2.05, 4.69) is 58.1 Å². The number of halogens is 1. The largest absolute Gasteiger partial charge is 0.357 e. The molecule has 0 fully saturated rings. The van der Waals surface area contributed by atoms with E-state index in [9.17, 15) is 0 Å². The Hall–Kier alpha value is -0.860. The van der Waals surface area contributed by atoms with Crippen LogP contribution in [0.25, 0.3) is 0 Å². The van der Waals surface area contributed by atoms with Crippen molar-refractivity contribution in [2.24, 2.45) is 4.99 Å². The van der Waals surface area contributed by atoms with Crippen LogP contribution in [0.4, 0.5) is 0 Å². The highest BCUT2D eigenvalue weighted by atomic mass is 127. The van der Waals surface area contributed by atoms with Crippen molar-refractivity contribution in [3.05, 3.63) is 11.6 Å². The predicted molar refractivity (Wildman–Crippen MR) is 96.1 cm³/mol. The maximum atomic E-state index is 4.62. The van der Waals surface area contributed by atoms with E-state index in [1.165, 1.54) is 12.8 Å². The molecule has 0 amide bonds. The molecule has 7 heteroatoms. The number of aryl methyl sites for hydroxylation is 1. The molecule has 2 N–H and O–H groups in total. The monoisotopic (exact) mass is 406 g/mol. The first kappa shape index (κ1) is 18.2. The van der Waals surface area contributed by atoms with Crippen molar-refractivity contribution in [2.45, 2.75) is 65.6 Å². The fraction of sp³-hybridized carbons (Fsp3) is 0.786. The Balaban J connectivity index is 0.00000220. The summed E-state index contributed by atoms with van der Waals surface area (Å²) in [6, 6.07) is 0. The van der Waals surface area contributed by atoms with Crippen LogP contribution >= 0.6 is 24.0 Å². The van der Waals surface area contributed by atoms with Crippen LogP contribution in [-0.2, 0) is 19.5 Å². The van der Waals surface area contributed by atoms with Crippen molar-refractivity contribution < 1.29 is 0 Å². The molecule has 2 heterocycles. The van der Waals surface area contributed by atoms with E-state index < -0.39 is 0 Å². The lowest BCUT2D eigenvalue weighted by Crippen LogP contribution is -2.47. The summed E-state index contributed by atoms with van der Waals surface area (Å²) < 4.78 is 2.22. The normalized spacial score (nSPS) is 15.1. The number of nitrogens with one attached hydrogen (secondary N) is 2. The Morgan fingerprint density at radius 3 is 2.71 bits per heavy atom. The summed E-state index contributed by atoms with van der Waals surface area (Å²) in [5.41, 5.74) is -0.00866. The molecule has 0 bridgehead atoms. The maximum Gasteiger partial charge on any atom is 0.192 e. The van der Waals surface area contributed by atoms with Gasteiger partial charge in [0.1, 0.15) is 12.4 Å². The Morgan fingerprint density at radius 2 is 2.05 bits per heavy atom. The fourth-order valence-electron chi connectivity index (χ4n) is 2.30. The second-order valence-corrected chi connectivity index (χ2v) is 6.21. The zero-order valence-corrected chi connectivity index (χ0v) is 15.8. The number of aliphatic imine (C=N–C) groups is 1. The Kier molecular flexibility index (Phi) is 6.89. The topological polar surface area (TPSA) is 67.1 Å². The smallest absolute Gasteiger partial charge is 0.192 e. The van der Waals surface area contributed by atoms with Gasteiger partial charge in [0.05, 0.1) is 0 Å². The zero-order valence-electron chi connectivity index (χ0n) is 13.4. The summed E-state index contributed by atoms with van der Waals surface area (Å²) in [6.45, 7) is 10.9. The molecule has 0 aliphatic carbocycles. The number of fused-ring (bicyclic) bond motifs is 1. The lowest BCUT2D eigenvalue weighted by atomic mass is 10.1. The highest BCUT2D eigenvalue weighted by Gasteiger charge is 2.16. The van der Waals surface area contributed by atoms with E-state index in [0.29, 0.717) is 6.54 Å². The molecule has 0 aromatic carbocycles. The summed E-state index contributed by atoms with van der Waals surface area (Å²) in [6.07, 6.45) is 3.47. The highest BCUT2D eigenvalue weighted by molar-refractivity contribution is 14.0. The van der Waals surface area contributed by atoms with E-state index >= 15 is 0 Å². The molecule has 0 unspecified atom stereocenters. The molecule has 0 spiro atoms. The minimum absolute atomic E-state index is 0. The van der Waals surface area contributed by atoms with Crippen LogP contribution in [0.1, 0.15) is 52.2 Å². The van der Waals surface area contributed by atoms with Crippen LogP contribution in [0.15, 0.2) is 4.99 Å². The van der Waals surface area contributed by atoms with Gasteiger partial charge in [-0.3, -0.25) is 0 Å². The first-order valence-corrected chi connectivity index (χ1v) is 7.47. The predicted octanol–water partition coefficient (Wildman–Crippen LogP) is 2.09. The molecule has 1 aromatic heterocycles. The minimum Gasteiger partial charge on any atom is -0.357 e. The van der Waals surface area contributed by atoms with Crippen molar-refractivity contribution >= 4 is 29.9 Å². The molecule has 120 valence electrons. The molecule has 1 aromatic rings. The van der Waals surface area contributed by atoms with Crippen molar-refractivity contribution in [1.29, 1.82) is 0 Å². The Bertz CT molecular complexity index is 474. The molecule has 0 atom stereocenters. The third-order valence-electron chi connectivity index (χ3n) is 3.15. The summed E-state index contributed by atoms with van der Waals surface area (Å²) >= 11 is 0. The number of hydrogen-bond acceptors (Lipinski definition) is 3. The minimum atomic E-state index is -0.00866. The van der Waals surface area contributed by atoms with Gasteiger partial charge in [0.2, 0.25) is 0 Å². The lowest BCUT2D eigenvalue weighted by Gasteiger charge is -2.23. The summed E-state index contributed by atoms with van der Waals surface area (Å²) in [5.74, 6) is 2.90. The Labute approximate surface area is 144 Å². The van der Waals surface area contributed by atoms with Gasteiger partial charge >= 0.3 is 0 Å². The average molecular weight is 406 g/mol. The van der Waals surface area contributed by atoms with Crippen LogP contribution in [0, 0.1) is 0 Å². The average Bonchev–Trinajstić information content (AvgIpc) is 2.78. The second kappa shape index (κ2) is 7.95. The van der Waals surface area contributed by atoms with Gasteiger partial charge in [-0.2, -0.15) is 0 Å². The molecule has 1 aliphatic rings. The third-order valence-corrected chi connectivity index (χ3v) is 3.15. The van der Waals surface area contributed by atoms with Gasteiger partial charge in [0.15, 0.2) is 11.8 Å². The van der Waals surface area contributed by atoms with E-state index in [-0.39, 0.29) is 29.5 Å². The number of hydrogen-bond donors (Lipinski definition) is 2. The second-order valence-electron chi connectivity index (χ2n) is 6.21. The fourth-order valence-corrected chi connectivity index (χ4v) is 2.30. The van der Waals surface area contributed by atoms with Gasteiger partial charge in [-0.15, -0.1) is 34.2 Å². The van der Waals surface area contributed by atoms with Gasteiger partial charge in [0, 0.05) is 25.0 Å². The summed E-state index contributed by atoms with van der Waals surface area (Å²) in [4.78, 5) is 4.62. The SMILES string of the molecule is CCNC(=NCc1nnc2n1CCCC2)NC(C)(C)C.I. The molecule has 2 rings (SSSR count). The van der Waals surface area contributed by atoms with Crippen molar-refractivity contribution in [2.75, 3.05) is 6.54 Å². The molecule has 0 radical (unpaired) electrons. The number of aromatic nitrogens is 3. The van der Waals surface area contributed by atoms with Gasteiger partial charge in [0.25, 0.3) is 0 Å². The number of guanidine groups is 1. The van der Waals surface area contributed by atoms with Gasteiger partial charge < -0.3 is 15.2 Å². The van der Waals surface area contributed by atoms with Gasteiger partial charge in [-0.1, -0.05) is 0 Å². The van der Waals surface area contributed by atoms with E-state index in [1.807, 2.05) is 0 Å². The van der Waals surface area contributed by atoms with Gasteiger partial charge in [-0.05, 0) is 40.5 Å². The Morgan fingerprint density at radius 1 is 1.29 bits per heavy atom. The van der Waals surface area contributed by atoms with E-state index in [0.717, 1.165) is 37.1 Å². The van der Waals surface area contributed by atoms with Crippen LogP contribution in [-0.4, -0.2) is 32.8 Å². The van der Waals surface area contributed by atoms with Crippen LogP contribution < -0.4 is 10.6 Å². The molecule has 1 aliphatic heterocycles. The molecular formula is C14H27IN6. The van der Waals surface area contributed by atoms with Crippen LogP contribution in [0.5, 0.6) is 0 Å². The van der Waals surface area contributed by atoms with E-state index in [1.54, 1.807) is 0 Å². The molecule has 6 nitrogen and oxygen atoms in total.